The second kappa shape index (κ2) is 7.85. The normalized spacial score (nSPS) is 11.2. The first-order valence-corrected chi connectivity index (χ1v) is 7.04. The Morgan fingerprint density at radius 3 is 2.39 bits per heavy atom. The summed E-state index contributed by atoms with van der Waals surface area (Å²) in [6.07, 6.45) is -0.645. The molecule has 0 saturated heterocycles. The number of nitriles is 1. The third-order valence-electron chi connectivity index (χ3n) is 3.34. The lowest BCUT2D eigenvalue weighted by Gasteiger charge is -2.18. The van der Waals surface area contributed by atoms with E-state index in [1.807, 2.05) is 18.2 Å². The van der Waals surface area contributed by atoms with Gasteiger partial charge in [0.2, 0.25) is 0 Å². The minimum Gasteiger partial charge on any atom is -0.497 e. The zero-order valence-corrected chi connectivity index (χ0v) is 13.0. The van der Waals surface area contributed by atoms with Gasteiger partial charge in [0.15, 0.2) is 0 Å². The van der Waals surface area contributed by atoms with Gasteiger partial charge in [0.25, 0.3) is 0 Å². The fraction of sp³-hybridized carbons (Fsp3) is 0.222. The van der Waals surface area contributed by atoms with Crippen LogP contribution in [0.2, 0.25) is 0 Å². The van der Waals surface area contributed by atoms with Crippen molar-refractivity contribution in [1.29, 1.82) is 5.26 Å². The standard InChI is InChI=1S/C18H17NO4/c1-21-14-9-7-13(8-10-14)18(20)23-17(11-12-19)15-5-3-4-6-16(15)22-2/h3-10,17H,11H2,1-2H3/t17-/m0/s1. The van der Waals surface area contributed by atoms with Crippen LogP contribution >= 0.6 is 0 Å². The van der Waals surface area contributed by atoms with E-state index in [2.05, 4.69) is 0 Å². The molecule has 0 saturated carbocycles. The number of ether oxygens (including phenoxy) is 3. The molecule has 1 atom stereocenters. The Kier molecular flexibility index (Phi) is 5.59. The van der Waals surface area contributed by atoms with Crippen LogP contribution in [-0.4, -0.2) is 20.2 Å². The molecule has 2 aromatic rings. The third kappa shape index (κ3) is 4.01. The first-order valence-electron chi connectivity index (χ1n) is 7.04. The Morgan fingerprint density at radius 2 is 1.78 bits per heavy atom. The monoisotopic (exact) mass is 311 g/mol. The highest BCUT2D eigenvalue weighted by atomic mass is 16.5. The van der Waals surface area contributed by atoms with Crippen LogP contribution in [0.1, 0.15) is 28.4 Å². The zero-order valence-electron chi connectivity index (χ0n) is 13.0. The fourth-order valence-corrected chi connectivity index (χ4v) is 2.15. The Morgan fingerprint density at radius 1 is 1.09 bits per heavy atom. The van der Waals surface area contributed by atoms with E-state index in [0.717, 1.165) is 0 Å². The summed E-state index contributed by atoms with van der Waals surface area (Å²) in [5.74, 6) is 0.731. The molecule has 0 fully saturated rings. The van der Waals surface area contributed by atoms with E-state index in [9.17, 15) is 4.79 Å². The van der Waals surface area contributed by atoms with Crippen molar-refractivity contribution in [2.75, 3.05) is 14.2 Å². The lowest BCUT2D eigenvalue weighted by Crippen LogP contribution is -2.12. The number of carbonyl (C=O) groups is 1. The average molecular weight is 311 g/mol. The van der Waals surface area contributed by atoms with Gasteiger partial charge < -0.3 is 14.2 Å². The van der Waals surface area contributed by atoms with Gasteiger partial charge in [-0.15, -0.1) is 0 Å². The predicted molar refractivity (Wildman–Crippen MR) is 84.4 cm³/mol. The summed E-state index contributed by atoms with van der Waals surface area (Å²) in [5, 5.41) is 9.01. The number of esters is 1. The van der Waals surface area contributed by atoms with Gasteiger partial charge in [-0.1, -0.05) is 18.2 Å². The maximum absolute atomic E-state index is 12.3. The lowest BCUT2D eigenvalue weighted by atomic mass is 10.1. The lowest BCUT2D eigenvalue weighted by molar-refractivity contribution is 0.0302. The summed E-state index contributed by atoms with van der Waals surface area (Å²) in [7, 11) is 3.09. The number of para-hydroxylation sites is 1. The van der Waals surface area contributed by atoms with Crippen LogP contribution in [0.15, 0.2) is 48.5 Å². The number of methoxy groups -OCH3 is 2. The number of benzene rings is 2. The molecule has 0 radical (unpaired) electrons. The quantitative estimate of drug-likeness (QED) is 0.764. The molecule has 0 aliphatic rings. The van der Waals surface area contributed by atoms with Crippen LogP contribution in [0.3, 0.4) is 0 Å². The Hall–Kier alpha value is -3.00. The molecule has 2 rings (SSSR count). The molecule has 0 unspecified atom stereocenters. The van der Waals surface area contributed by atoms with Gasteiger partial charge in [-0.05, 0) is 30.3 Å². The van der Waals surface area contributed by atoms with E-state index in [4.69, 9.17) is 19.5 Å². The molecule has 0 aliphatic carbocycles. The van der Waals surface area contributed by atoms with Gasteiger partial charge >= 0.3 is 5.97 Å². The van der Waals surface area contributed by atoms with Crippen LogP contribution in [0.4, 0.5) is 0 Å². The molecule has 0 aliphatic heterocycles. The largest absolute Gasteiger partial charge is 0.497 e. The van der Waals surface area contributed by atoms with Crippen LogP contribution in [-0.2, 0) is 4.74 Å². The van der Waals surface area contributed by atoms with E-state index in [1.54, 1.807) is 43.5 Å². The van der Waals surface area contributed by atoms with E-state index in [-0.39, 0.29) is 6.42 Å². The summed E-state index contributed by atoms with van der Waals surface area (Å²) in [6.45, 7) is 0. The Labute approximate surface area is 135 Å². The van der Waals surface area contributed by atoms with Crippen molar-refractivity contribution in [2.24, 2.45) is 0 Å². The molecule has 5 heteroatoms. The van der Waals surface area contributed by atoms with Crippen LogP contribution in [0.5, 0.6) is 11.5 Å². The number of hydrogen-bond donors (Lipinski definition) is 0. The van der Waals surface area contributed by atoms with Gasteiger partial charge in [-0.2, -0.15) is 5.26 Å². The second-order valence-electron chi connectivity index (χ2n) is 4.73. The van der Waals surface area contributed by atoms with E-state index < -0.39 is 12.1 Å². The van der Waals surface area contributed by atoms with Gasteiger partial charge in [0.05, 0.1) is 32.3 Å². The zero-order chi connectivity index (χ0) is 16.7. The number of rotatable bonds is 6. The number of nitrogens with zero attached hydrogens (tertiary/aromatic N) is 1. The minimum absolute atomic E-state index is 0.0439. The molecule has 0 amide bonds. The molecular formula is C18H17NO4. The van der Waals surface area contributed by atoms with Crippen molar-refractivity contribution in [3.05, 3.63) is 59.7 Å². The third-order valence-corrected chi connectivity index (χ3v) is 3.34. The topological polar surface area (TPSA) is 68.5 Å². The Bertz CT molecular complexity index is 704. The molecular weight excluding hydrogens is 294 g/mol. The summed E-state index contributed by atoms with van der Waals surface area (Å²) in [6, 6.07) is 15.8. The second-order valence-corrected chi connectivity index (χ2v) is 4.73. The molecule has 0 spiro atoms. The Balaban J connectivity index is 2.21. The molecule has 5 nitrogen and oxygen atoms in total. The first-order chi connectivity index (χ1) is 11.2. The predicted octanol–water partition coefficient (Wildman–Crippen LogP) is 3.52. The summed E-state index contributed by atoms with van der Waals surface area (Å²) in [5.41, 5.74) is 1.06. The average Bonchev–Trinajstić information content (AvgIpc) is 2.61. The van der Waals surface area contributed by atoms with Crippen molar-refractivity contribution in [3.8, 4) is 17.6 Å². The maximum Gasteiger partial charge on any atom is 0.338 e. The van der Waals surface area contributed by atoms with Crippen LogP contribution in [0.25, 0.3) is 0 Å². The van der Waals surface area contributed by atoms with Gasteiger partial charge in [-0.3, -0.25) is 0 Å². The summed E-state index contributed by atoms with van der Waals surface area (Å²) >= 11 is 0. The van der Waals surface area contributed by atoms with Crippen LogP contribution in [0, 0.1) is 11.3 Å². The van der Waals surface area contributed by atoms with Crippen molar-refractivity contribution >= 4 is 5.97 Å². The fourth-order valence-electron chi connectivity index (χ4n) is 2.15. The SMILES string of the molecule is COc1ccc(C(=O)O[C@@H](CC#N)c2ccccc2OC)cc1. The van der Waals surface area contributed by atoms with Gasteiger partial charge in [0.1, 0.15) is 17.6 Å². The molecule has 0 bridgehead atoms. The first kappa shape index (κ1) is 16.4. The van der Waals surface area contributed by atoms with Gasteiger partial charge in [-0.25, -0.2) is 4.79 Å². The van der Waals surface area contributed by atoms with E-state index in [0.29, 0.717) is 22.6 Å². The molecule has 0 aromatic heterocycles. The molecule has 0 N–H and O–H groups in total. The highest BCUT2D eigenvalue weighted by Gasteiger charge is 2.21. The van der Waals surface area contributed by atoms with Crippen LogP contribution < -0.4 is 9.47 Å². The molecule has 2 aromatic carbocycles. The number of carbonyl (C=O) groups excluding carboxylic acids is 1. The molecule has 118 valence electrons. The van der Waals surface area contributed by atoms with E-state index >= 15 is 0 Å². The van der Waals surface area contributed by atoms with Crippen molar-refractivity contribution in [3.63, 3.8) is 0 Å². The van der Waals surface area contributed by atoms with Crippen molar-refractivity contribution in [2.45, 2.75) is 12.5 Å². The maximum atomic E-state index is 12.3. The highest BCUT2D eigenvalue weighted by Crippen LogP contribution is 2.30. The van der Waals surface area contributed by atoms with E-state index in [1.165, 1.54) is 7.11 Å². The smallest absolute Gasteiger partial charge is 0.338 e. The summed E-state index contributed by atoms with van der Waals surface area (Å²) in [4.78, 5) is 12.3. The minimum atomic E-state index is -0.689. The number of hydrogen-bond acceptors (Lipinski definition) is 5. The highest BCUT2D eigenvalue weighted by molar-refractivity contribution is 5.89. The molecule has 0 heterocycles. The summed E-state index contributed by atoms with van der Waals surface area (Å²) < 4.78 is 15.8. The van der Waals surface area contributed by atoms with Gasteiger partial charge in [0, 0.05) is 5.56 Å². The molecule has 23 heavy (non-hydrogen) atoms. The van der Waals surface area contributed by atoms with Crippen molar-refractivity contribution in [1.82, 2.24) is 0 Å². The van der Waals surface area contributed by atoms with Crippen molar-refractivity contribution < 1.29 is 19.0 Å².